The van der Waals surface area contributed by atoms with Crippen LogP contribution in [0, 0.1) is 23.7 Å². The lowest BCUT2D eigenvalue weighted by molar-refractivity contribution is -0.0271. The van der Waals surface area contributed by atoms with Gasteiger partial charge in [-0.3, -0.25) is 0 Å². The average molecular weight is 236 g/mol. The fourth-order valence-corrected chi connectivity index (χ4v) is 3.78. The van der Waals surface area contributed by atoms with Crippen molar-refractivity contribution in [1.29, 1.82) is 0 Å². The summed E-state index contributed by atoms with van der Waals surface area (Å²) >= 11 is 0. The van der Waals surface area contributed by atoms with Gasteiger partial charge in [0.2, 0.25) is 0 Å². The molecule has 0 amide bonds. The van der Waals surface area contributed by atoms with Crippen LogP contribution in [0.15, 0.2) is 24.8 Å². The predicted octanol–water partition coefficient (Wildman–Crippen LogP) is 2.52. The fraction of sp³-hybridized carbons (Fsp3) is 0.733. The Morgan fingerprint density at radius 2 is 2.12 bits per heavy atom. The van der Waals surface area contributed by atoms with Crippen LogP contribution in [0.1, 0.15) is 32.6 Å². The predicted molar refractivity (Wildman–Crippen MR) is 69.5 cm³/mol. The quantitative estimate of drug-likeness (QED) is 0.696. The SMILES string of the molecule is C=C[C@@](O)(CCCC)[C@@H]1C2C=CC(C2)[C@@H]1CO. The van der Waals surface area contributed by atoms with E-state index in [0.29, 0.717) is 11.8 Å². The molecular weight excluding hydrogens is 212 g/mol. The molecule has 0 aromatic rings. The first-order chi connectivity index (χ1) is 8.16. The van der Waals surface area contributed by atoms with E-state index in [0.717, 1.165) is 25.7 Å². The highest BCUT2D eigenvalue weighted by atomic mass is 16.3. The number of aliphatic hydroxyl groups excluding tert-OH is 1. The molecule has 0 aliphatic heterocycles. The van der Waals surface area contributed by atoms with Gasteiger partial charge in [-0.25, -0.2) is 0 Å². The van der Waals surface area contributed by atoms with E-state index in [4.69, 9.17) is 0 Å². The molecule has 0 heterocycles. The van der Waals surface area contributed by atoms with Crippen LogP contribution in [0.4, 0.5) is 0 Å². The van der Waals surface area contributed by atoms with Gasteiger partial charge in [0.15, 0.2) is 0 Å². The highest BCUT2D eigenvalue weighted by Gasteiger charge is 2.52. The molecule has 0 saturated heterocycles. The summed E-state index contributed by atoms with van der Waals surface area (Å²) in [4.78, 5) is 0. The Hall–Kier alpha value is -0.600. The van der Waals surface area contributed by atoms with Crippen molar-refractivity contribution in [3.8, 4) is 0 Å². The van der Waals surface area contributed by atoms with Crippen molar-refractivity contribution in [2.24, 2.45) is 23.7 Å². The van der Waals surface area contributed by atoms with Crippen molar-refractivity contribution in [2.75, 3.05) is 6.61 Å². The van der Waals surface area contributed by atoms with Crippen LogP contribution < -0.4 is 0 Å². The first-order valence-corrected chi connectivity index (χ1v) is 6.81. The van der Waals surface area contributed by atoms with Gasteiger partial charge in [0, 0.05) is 12.5 Å². The van der Waals surface area contributed by atoms with Gasteiger partial charge in [0.1, 0.15) is 0 Å². The summed E-state index contributed by atoms with van der Waals surface area (Å²) in [5.41, 5.74) is -0.798. The van der Waals surface area contributed by atoms with E-state index in [1.54, 1.807) is 6.08 Å². The number of fused-ring (bicyclic) bond motifs is 2. The van der Waals surface area contributed by atoms with Crippen LogP contribution in [0.5, 0.6) is 0 Å². The van der Waals surface area contributed by atoms with Crippen LogP contribution in [-0.4, -0.2) is 22.4 Å². The summed E-state index contributed by atoms with van der Waals surface area (Å²) in [5.74, 6) is 1.26. The van der Waals surface area contributed by atoms with Gasteiger partial charge in [0.25, 0.3) is 0 Å². The lowest BCUT2D eigenvalue weighted by atomic mass is 9.70. The minimum Gasteiger partial charge on any atom is -0.396 e. The molecule has 2 aliphatic rings. The van der Waals surface area contributed by atoms with E-state index >= 15 is 0 Å². The minimum absolute atomic E-state index is 0.159. The van der Waals surface area contributed by atoms with Crippen LogP contribution in [0.3, 0.4) is 0 Å². The van der Waals surface area contributed by atoms with Crippen LogP contribution >= 0.6 is 0 Å². The molecule has 5 atom stereocenters. The molecule has 1 fully saturated rings. The molecule has 2 heteroatoms. The third kappa shape index (κ3) is 2.09. The molecule has 2 nitrogen and oxygen atoms in total. The lowest BCUT2D eigenvalue weighted by Gasteiger charge is -2.39. The Morgan fingerprint density at radius 1 is 1.41 bits per heavy atom. The van der Waals surface area contributed by atoms with E-state index in [1.165, 1.54) is 0 Å². The molecule has 17 heavy (non-hydrogen) atoms. The van der Waals surface area contributed by atoms with Crippen molar-refractivity contribution in [2.45, 2.75) is 38.2 Å². The second-order valence-corrected chi connectivity index (χ2v) is 5.62. The number of allylic oxidation sites excluding steroid dienone is 2. The molecule has 2 aliphatic carbocycles. The van der Waals surface area contributed by atoms with Gasteiger partial charge < -0.3 is 10.2 Å². The number of unbranched alkanes of at least 4 members (excludes halogenated alkanes) is 1. The molecule has 2 rings (SSSR count). The van der Waals surface area contributed by atoms with E-state index in [1.807, 2.05) is 0 Å². The second kappa shape index (κ2) is 4.95. The summed E-state index contributed by atoms with van der Waals surface area (Å²) in [5, 5.41) is 20.4. The highest BCUT2D eigenvalue weighted by Crippen LogP contribution is 2.53. The molecule has 2 unspecified atom stereocenters. The molecule has 1 saturated carbocycles. The van der Waals surface area contributed by atoms with Crippen LogP contribution in [0.25, 0.3) is 0 Å². The normalized spacial score (nSPS) is 38.3. The Kier molecular flexibility index (Phi) is 3.74. The third-order valence-corrected chi connectivity index (χ3v) is 4.69. The largest absolute Gasteiger partial charge is 0.396 e. The molecule has 0 aromatic heterocycles. The fourth-order valence-electron chi connectivity index (χ4n) is 3.78. The molecule has 0 radical (unpaired) electrons. The molecule has 96 valence electrons. The molecule has 0 spiro atoms. The summed E-state index contributed by atoms with van der Waals surface area (Å²) in [7, 11) is 0. The van der Waals surface area contributed by atoms with Gasteiger partial charge in [0.05, 0.1) is 5.60 Å². The number of hydrogen-bond donors (Lipinski definition) is 2. The standard InChI is InChI=1S/C15H24O2/c1-3-5-8-15(17,4-2)14-12-7-6-11(9-12)13(14)10-16/h4,6-7,11-14,16-17H,2-3,5,8-10H2,1H3/t11?,12?,13-,14+,15+/m0/s1. The molecule has 2 N–H and O–H groups in total. The van der Waals surface area contributed by atoms with E-state index < -0.39 is 5.60 Å². The Bertz CT molecular complexity index is 310. The maximum Gasteiger partial charge on any atom is 0.0862 e. The Labute approximate surface area is 104 Å². The van der Waals surface area contributed by atoms with Crippen molar-refractivity contribution < 1.29 is 10.2 Å². The molecule has 0 aromatic carbocycles. The Morgan fingerprint density at radius 3 is 2.71 bits per heavy atom. The smallest absolute Gasteiger partial charge is 0.0862 e. The highest BCUT2D eigenvalue weighted by molar-refractivity contribution is 5.20. The lowest BCUT2D eigenvalue weighted by Crippen LogP contribution is -2.43. The minimum atomic E-state index is -0.798. The number of hydrogen-bond acceptors (Lipinski definition) is 2. The van der Waals surface area contributed by atoms with Crippen molar-refractivity contribution in [3.05, 3.63) is 24.8 Å². The third-order valence-electron chi connectivity index (χ3n) is 4.69. The molecular formula is C15H24O2. The van der Waals surface area contributed by atoms with E-state index in [-0.39, 0.29) is 18.4 Å². The zero-order valence-electron chi connectivity index (χ0n) is 10.7. The Balaban J connectivity index is 2.18. The zero-order chi connectivity index (χ0) is 12.5. The van der Waals surface area contributed by atoms with Crippen molar-refractivity contribution in [3.63, 3.8) is 0 Å². The van der Waals surface area contributed by atoms with Gasteiger partial charge in [-0.05, 0) is 30.6 Å². The van der Waals surface area contributed by atoms with Crippen LogP contribution in [0.2, 0.25) is 0 Å². The van der Waals surface area contributed by atoms with Gasteiger partial charge in [-0.2, -0.15) is 0 Å². The summed E-state index contributed by atoms with van der Waals surface area (Å²) in [6.45, 7) is 6.14. The zero-order valence-corrected chi connectivity index (χ0v) is 10.7. The average Bonchev–Trinajstić information content (AvgIpc) is 2.95. The first-order valence-electron chi connectivity index (χ1n) is 6.81. The second-order valence-electron chi connectivity index (χ2n) is 5.62. The number of aliphatic hydroxyl groups is 2. The van der Waals surface area contributed by atoms with Crippen molar-refractivity contribution in [1.82, 2.24) is 0 Å². The topological polar surface area (TPSA) is 40.5 Å². The maximum absolute atomic E-state index is 10.8. The van der Waals surface area contributed by atoms with Crippen LogP contribution in [-0.2, 0) is 0 Å². The van der Waals surface area contributed by atoms with E-state index in [9.17, 15) is 10.2 Å². The monoisotopic (exact) mass is 236 g/mol. The summed E-state index contributed by atoms with van der Waals surface area (Å²) < 4.78 is 0. The van der Waals surface area contributed by atoms with Crippen molar-refractivity contribution >= 4 is 0 Å². The number of rotatable bonds is 6. The first kappa shape index (κ1) is 12.8. The van der Waals surface area contributed by atoms with Gasteiger partial charge >= 0.3 is 0 Å². The summed E-state index contributed by atoms with van der Waals surface area (Å²) in [6, 6.07) is 0. The van der Waals surface area contributed by atoms with Gasteiger partial charge in [-0.15, -0.1) is 6.58 Å². The summed E-state index contributed by atoms with van der Waals surface area (Å²) in [6.07, 6.45) is 10.1. The molecule has 2 bridgehead atoms. The maximum atomic E-state index is 10.8. The van der Waals surface area contributed by atoms with E-state index in [2.05, 4.69) is 25.7 Å². The van der Waals surface area contributed by atoms with Gasteiger partial charge in [-0.1, -0.05) is 38.0 Å².